The normalized spacial score (nSPS) is 19.2. The summed E-state index contributed by atoms with van der Waals surface area (Å²) in [5.41, 5.74) is 6.20. The average molecular weight is 153 g/mol. The number of aliphatic carboxylic acids is 1. The van der Waals surface area contributed by atoms with Gasteiger partial charge in [-0.05, 0) is 18.4 Å². The number of nitrogens with two attached hydrogens (primary N) is 1. The third kappa shape index (κ3) is 1.91. The summed E-state index contributed by atoms with van der Waals surface area (Å²) in [6.45, 7) is 0. The van der Waals surface area contributed by atoms with E-state index in [1.807, 2.05) is 18.2 Å². The Morgan fingerprint density at radius 2 is 2.36 bits per heavy atom. The standard InChI is InChI=1S/C8H11NO2/c9-7(8(10)11)6-4-2-1-3-5-6/h1-2,5,7H,3-4,9H2,(H,10,11)/t7-/m0/s1. The summed E-state index contributed by atoms with van der Waals surface area (Å²) in [6.07, 6.45) is 7.29. The van der Waals surface area contributed by atoms with Crippen LogP contribution >= 0.6 is 0 Å². The van der Waals surface area contributed by atoms with Crippen molar-refractivity contribution in [2.24, 2.45) is 5.73 Å². The topological polar surface area (TPSA) is 63.3 Å². The summed E-state index contributed by atoms with van der Waals surface area (Å²) in [5.74, 6) is -0.952. The van der Waals surface area contributed by atoms with Gasteiger partial charge in [0.25, 0.3) is 0 Å². The number of carboxylic acid groups (broad SMARTS) is 1. The molecule has 11 heavy (non-hydrogen) atoms. The first-order valence-electron chi connectivity index (χ1n) is 3.54. The van der Waals surface area contributed by atoms with Gasteiger partial charge in [-0.1, -0.05) is 18.2 Å². The predicted molar refractivity (Wildman–Crippen MR) is 42.1 cm³/mol. The summed E-state index contributed by atoms with van der Waals surface area (Å²) in [7, 11) is 0. The molecule has 3 nitrogen and oxygen atoms in total. The van der Waals surface area contributed by atoms with Crippen molar-refractivity contribution >= 4 is 5.97 Å². The molecule has 0 bridgehead atoms. The number of rotatable bonds is 2. The van der Waals surface area contributed by atoms with E-state index in [0.717, 1.165) is 12.0 Å². The molecule has 0 aromatic heterocycles. The maximum atomic E-state index is 10.4. The molecule has 0 spiro atoms. The van der Waals surface area contributed by atoms with Gasteiger partial charge in [0.05, 0.1) is 0 Å². The lowest BCUT2D eigenvalue weighted by Crippen LogP contribution is -2.32. The highest BCUT2D eigenvalue weighted by Crippen LogP contribution is 2.13. The van der Waals surface area contributed by atoms with Gasteiger partial charge in [-0.3, -0.25) is 4.79 Å². The maximum absolute atomic E-state index is 10.4. The van der Waals surface area contributed by atoms with Gasteiger partial charge < -0.3 is 10.8 Å². The summed E-state index contributed by atoms with van der Waals surface area (Å²) in [6, 6.07) is -0.819. The summed E-state index contributed by atoms with van der Waals surface area (Å²) in [4.78, 5) is 10.4. The lowest BCUT2D eigenvalue weighted by molar-refractivity contribution is -0.137. The molecule has 1 aliphatic carbocycles. The van der Waals surface area contributed by atoms with Gasteiger partial charge in [-0.2, -0.15) is 0 Å². The maximum Gasteiger partial charge on any atom is 0.324 e. The summed E-state index contributed by atoms with van der Waals surface area (Å²) in [5, 5.41) is 8.54. The van der Waals surface area contributed by atoms with Crippen molar-refractivity contribution in [3.63, 3.8) is 0 Å². The summed E-state index contributed by atoms with van der Waals surface area (Å²) < 4.78 is 0. The van der Waals surface area contributed by atoms with Gasteiger partial charge in [0.2, 0.25) is 0 Å². The molecular formula is C8H11NO2. The molecule has 0 saturated carbocycles. The van der Waals surface area contributed by atoms with Crippen LogP contribution in [-0.4, -0.2) is 17.1 Å². The van der Waals surface area contributed by atoms with Crippen LogP contribution in [0.4, 0.5) is 0 Å². The molecule has 3 heteroatoms. The van der Waals surface area contributed by atoms with E-state index >= 15 is 0 Å². The first kappa shape index (κ1) is 8.01. The van der Waals surface area contributed by atoms with Crippen LogP contribution < -0.4 is 5.73 Å². The fraction of sp³-hybridized carbons (Fsp3) is 0.375. The van der Waals surface area contributed by atoms with E-state index in [4.69, 9.17) is 10.8 Å². The second-order valence-corrected chi connectivity index (χ2v) is 2.51. The van der Waals surface area contributed by atoms with Crippen molar-refractivity contribution in [3.05, 3.63) is 23.8 Å². The highest BCUT2D eigenvalue weighted by atomic mass is 16.4. The highest BCUT2D eigenvalue weighted by Gasteiger charge is 2.16. The van der Waals surface area contributed by atoms with E-state index in [9.17, 15) is 4.79 Å². The van der Waals surface area contributed by atoms with Gasteiger partial charge >= 0.3 is 5.97 Å². The predicted octanol–water partition coefficient (Wildman–Crippen LogP) is 0.675. The van der Waals surface area contributed by atoms with E-state index in [0.29, 0.717) is 6.42 Å². The largest absolute Gasteiger partial charge is 0.480 e. The van der Waals surface area contributed by atoms with Crippen molar-refractivity contribution in [1.29, 1.82) is 0 Å². The number of carbonyl (C=O) groups is 1. The molecule has 0 amide bonds. The molecule has 0 aromatic carbocycles. The Bertz CT molecular complexity index is 218. The Morgan fingerprint density at radius 1 is 1.64 bits per heavy atom. The van der Waals surface area contributed by atoms with Gasteiger partial charge in [0, 0.05) is 0 Å². The van der Waals surface area contributed by atoms with Crippen LogP contribution in [0.5, 0.6) is 0 Å². The minimum Gasteiger partial charge on any atom is -0.480 e. The molecule has 0 radical (unpaired) electrons. The fourth-order valence-corrected chi connectivity index (χ4v) is 1.03. The second-order valence-electron chi connectivity index (χ2n) is 2.51. The zero-order valence-corrected chi connectivity index (χ0v) is 6.16. The molecule has 0 fully saturated rings. The van der Waals surface area contributed by atoms with E-state index in [2.05, 4.69) is 0 Å². The van der Waals surface area contributed by atoms with E-state index in [1.54, 1.807) is 0 Å². The van der Waals surface area contributed by atoms with Crippen LogP contribution in [0.3, 0.4) is 0 Å². The minimum atomic E-state index is -0.952. The van der Waals surface area contributed by atoms with Crippen LogP contribution in [-0.2, 0) is 4.79 Å². The lowest BCUT2D eigenvalue weighted by Gasteiger charge is -2.11. The molecule has 0 unspecified atom stereocenters. The van der Waals surface area contributed by atoms with Gasteiger partial charge in [-0.15, -0.1) is 0 Å². The van der Waals surface area contributed by atoms with Crippen molar-refractivity contribution in [2.75, 3.05) is 0 Å². The first-order valence-corrected chi connectivity index (χ1v) is 3.54. The van der Waals surface area contributed by atoms with Crippen molar-refractivity contribution in [3.8, 4) is 0 Å². The van der Waals surface area contributed by atoms with E-state index in [1.165, 1.54) is 0 Å². The molecule has 0 saturated heterocycles. The lowest BCUT2D eigenvalue weighted by atomic mass is 9.99. The Labute approximate surface area is 65.2 Å². The molecule has 0 aromatic rings. The zero-order chi connectivity index (χ0) is 8.27. The smallest absolute Gasteiger partial charge is 0.324 e. The Morgan fingerprint density at radius 3 is 2.82 bits per heavy atom. The van der Waals surface area contributed by atoms with Crippen molar-refractivity contribution < 1.29 is 9.90 Å². The molecule has 60 valence electrons. The van der Waals surface area contributed by atoms with Gasteiger partial charge in [0.15, 0.2) is 0 Å². The van der Waals surface area contributed by atoms with Crippen LogP contribution in [0.1, 0.15) is 12.8 Å². The molecule has 0 heterocycles. The third-order valence-electron chi connectivity index (χ3n) is 1.70. The number of carboxylic acids is 1. The Kier molecular flexibility index (Phi) is 2.44. The van der Waals surface area contributed by atoms with Crippen LogP contribution in [0.25, 0.3) is 0 Å². The van der Waals surface area contributed by atoms with Crippen LogP contribution in [0, 0.1) is 0 Å². The average Bonchev–Trinajstić information content (AvgIpc) is 2.05. The number of hydrogen-bond donors (Lipinski definition) is 2. The molecular weight excluding hydrogens is 142 g/mol. The zero-order valence-electron chi connectivity index (χ0n) is 6.16. The van der Waals surface area contributed by atoms with Gasteiger partial charge in [0.1, 0.15) is 6.04 Å². The molecule has 3 N–H and O–H groups in total. The number of allylic oxidation sites excluding steroid dienone is 3. The first-order chi connectivity index (χ1) is 5.22. The van der Waals surface area contributed by atoms with Crippen LogP contribution in [0.2, 0.25) is 0 Å². The monoisotopic (exact) mass is 153 g/mol. The third-order valence-corrected chi connectivity index (χ3v) is 1.70. The molecule has 1 rings (SSSR count). The van der Waals surface area contributed by atoms with Gasteiger partial charge in [-0.25, -0.2) is 0 Å². The minimum absolute atomic E-state index is 0.674. The van der Waals surface area contributed by atoms with E-state index < -0.39 is 12.0 Å². The second kappa shape index (κ2) is 3.34. The molecule has 0 aliphatic heterocycles. The molecule has 1 atom stereocenters. The Balaban J connectivity index is 2.60. The fourth-order valence-electron chi connectivity index (χ4n) is 1.03. The van der Waals surface area contributed by atoms with Crippen molar-refractivity contribution in [1.82, 2.24) is 0 Å². The Hall–Kier alpha value is -1.09. The molecule has 1 aliphatic rings. The summed E-state index contributed by atoms with van der Waals surface area (Å²) >= 11 is 0. The van der Waals surface area contributed by atoms with Crippen molar-refractivity contribution in [2.45, 2.75) is 18.9 Å². The quantitative estimate of drug-likeness (QED) is 0.573. The van der Waals surface area contributed by atoms with Crippen LogP contribution in [0.15, 0.2) is 23.8 Å². The number of hydrogen-bond acceptors (Lipinski definition) is 2. The SMILES string of the molecule is N[C@H](C(=O)O)C1=CCC=CC1. The van der Waals surface area contributed by atoms with E-state index in [-0.39, 0.29) is 0 Å². The highest BCUT2D eigenvalue weighted by molar-refractivity contribution is 5.77.